The molecule has 20 heavy (non-hydrogen) atoms. The van der Waals surface area contributed by atoms with E-state index < -0.39 is 0 Å². The van der Waals surface area contributed by atoms with E-state index in [1.807, 2.05) is 43.3 Å². The third kappa shape index (κ3) is 3.40. The number of para-hydroxylation sites is 1. The molecule has 2 heteroatoms. The third-order valence-electron chi connectivity index (χ3n) is 3.36. The van der Waals surface area contributed by atoms with E-state index in [0.717, 1.165) is 17.1 Å². The SMILES string of the molecule is C[C@@H](N)c1ccccc1Oc1ccc(C(C)(C)C)cc1. The van der Waals surface area contributed by atoms with Crippen molar-refractivity contribution in [2.75, 3.05) is 0 Å². The highest BCUT2D eigenvalue weighted by Gasteiger charge is 2.13. The van der Waals surface area contributed by atoms with Crippen LogP contribution in [0.1, 0.15) is 44.9 Å². The second-order valence-electron chi connectivity index (χ2n) is 6.20. The first-order valence-electron chi connectivity index (χ1n) is 7.01. The van der Waals surface area contributed by atoms with Crippen molar-refractivity contribution >= 4 is 0 Å². The lowest BCUT2D eigenvalue weighted by Gasteiger charge is -2.19. The zero-order valence-corrected chi connectivity index (χ0v) is 12.7. The lowest BCUT2D eigenvalue weighted by atomic mass is 9.87. The topological polar surface area (TPSA) is 35.2 Å². The van der Waals surface area contributed by atoms with Crippen LogP contribution in [0, 0.1) is 0 Å². The van der Waals surface area contributed by atoms with Crippen molar-refractivity contribution in [3.05, 3.63) is 59.7 Å². The minimum absolute atomic E-state index is 0.0416. The van der Waals surface area contributed by atoms with Crippen LogP contribution in [-0.4, -0.2) is 0 Å². The van der Waals surface area contributed by atoms with E-state index in [-0.39, 0.29) is 11.5 Å². The molecule has 2 aromatic rings. The van der Waals surface area contributed by atoms with Gasteiger partial charge >= 0.3 is 0 Å². The maximum absolute atomic E-state index is 5.97. The Morgan fingerprint density at radius 1 is 0.950 bits per heavy atom. The Balaban J connectivity index is 2.23. The lowest BCUT2D eigenvalue weighted by Crippen LogP contribution is -2.10. The van der Waals surface area contributed by atoms with Gasteiger partial charge in [0.25, 0.3) is 0 Å². The van der Waals surface area contributed by atoms with Crippen molar-refractivity contribution in [1.29, 1.82) is 0 Å². The van der Waals surface area contributed by atoms with E-state index >= 15 is 0 Å². The van der Waals surface area contributed by atoms with Gasteiger partial charge in [-0.3, -0.25) is 0 Å². The predicted octanol–water partition coefficient (Wildman–Crippen LogP) is 4.80. The van der Waals surface area contributed by atoms with Gasteiger partial charge in [0.2, 0.25) is 0 Å². The highest BCUT2D eigenvalue weighted by molar-refractivity contribution is 5.40. The molecular weight excluding hydrogens is 246 g/mol. The van der Waals surface area contributed by atoms with Gasteiger partial charge in [0.15, 0.2) is 0 Å². The van der Waals surface area contributed by atoms with E-state index in [9.17, 15) is 0 Å². The minimum Gasteiger partial charge on any atom is -0.457 e. The van der Waals surface area contributed by atoms with Crippen LogP contribution in [0.4, 0.5) is 0 Å². The molecule has 0 heterocycles. The summed E-state index contributed by atoms with van der Waals surface area (Å²) in [6.45, 7) is 8.57. The first-order chi connectivity index (χ1) is 9.38. The predicted molar refractivity (Wildman–Crippen MR) is 84.3 cm³/mol. The molecule has 1 atom stereocenters. The van der Waals surface area contributed by atoms with Gasteiger partial charge in [-0.1, -0.05) is 51.1 Å². The summed E-state index contributed by atoms with van der Waals surface area (Å²) in [5.74, 6) is 1.66. The van der Waals surface area contributed by atoms with Crippen molar-refractivity contribution in [1.82, 2.24) is 0 Å². The smallest absolute Gasteiger partial charge is 0.132 e. The Hall–Kier alpha value is -1.80. The van der Waals surface area contributed by atoms with E-state index in [2.05, 4.69) is 32.9 Å². The molecule has 0 unspecified atom stereocenters. The van der Waals surface area contributed by atoms with Crippen LogP contribution in [0.3, 0.4) is 0 Å². The molecule has 0 spiro atoms. The number of hydrogen-bond acceptors (Lipinski definition) is 2. The second kappa shape index (κ2) is 5.68. The molecule has 2 aromatic carbocycles. The summed E-state index contributed by atoms with van der Waals surface area (Å²) >= 11 is 0. The van der Waals surface area contributed by atoms with Gasteiger partial charge < -0.3 is 10.5 Å². The van der Waals surface area contributed by atoms with Crippen molar-refractivity contribution in [2.45, 2.75) is 39.2 Å². The van der Waals surface area contributed by atoms with E-state index in [4.69, 9.17) is 10.5 Å². The van der Waals surface area contributed by atoms with Crippen molar-refractivity contribution in [3.63, 3.8) is 0 Å². The summed E-state index contributed by atoms with van der Waals surface area (Å²) in [4.78, 5) is 0. The summed E-state index contributed by atoms with van der Waals surface area (Å²) in [6.07, 6.45) is 0. The monoisotopic (exact) mass is 269 g/mol. The number of benzene rings is 2. The molecule has 2 rings (SSSR count). The fourth-order valence-corrected chi connectivity index (χ4v) is 2.10. The van der Waals surface area contributed by atoms with Crippen molar-refractivity contribution < 1.29 is 4.74 Å². The van der Waals surface area contributed by atoms with Gasteiger partial charge in [0.05, 0.1) is 0 Å². The van der Waals surface area contributed by atoms with Crippen LogP contribution < -0.4 is 10.5 Å². The molecular formula is C18H23NO. The molecule has 106 valence electrons. The average Bonchev–Trinajstić information content (AvgIpc) is 2.38. The molecule has 0 fully saturated rings. The van der Waals surface area contributed by atoms with Gasteiger partial charge in [0, 0.05) is 11.6 Å². The lowest BCUT2D eigenvalue weighted by molar-refractivity contribution is 0.471. The van der Waals surface area contributed by atoms with E-state index in [1.165, 1.54) is 5.56 Å². The maximum Gasteiger partial charge on any atom is 0.132 e. The van der Waals surface area contributed by atoms with Crippen molar-refractivity contribution in [2.24, 2.45) is 5.73 Å². The van der Waals surface area contributed by atoms with Crippen LogP contribution in [-0.2, 0) is 5.41 Å². The van der Waals surface area contributed by atoms with E-state index in [1.54, 1.807) is 0 Å². The summed E-state index contributed by atoms with van der Waals surface area (Å²) < 4.78 is 5.96. The zero-order chi connectivity index (χ0) is 14.8. The Morgan fingerprint density at radius 2 is 1.55 bits per heavy atom. The number of ether oxygens (including phenoxy) is 1. The fraction of sp³-hybridized carbons (Fsp3) is 0.333. The van der Waals surface area contributed by atoms with Crippen molar-refractivity contribution in [3.8, 4) is 11.5 Å². The van der Waals surface area contributed by atoms with Crippen LogP contribution in [0.15, 0.2) is 48.5 Å². The number of rotatable bonds is 3. The minimum atomic E-state index is -0.0416. The normalized spacial score (nSPS) is 13.1. The molecule has 0 radical (unpaired) electrons. The first-order valence-corrected chi connectivity index (χ1v) is 7.01. The van der Waals surface area contributed by atoms with Gasteiger partial charge in [-0.2, -0.15) is 0 Å². The van der Waals surface area contributed by atoms with Gasteiger partial charge in [-0.15, -0.1) is 0 Å². The standard InChI is InChI=1S/C18H23NO/c1-13(19)16-7-5-6-8-17(16)20-15-11-9-14(10-12-15)18(2,3)4/h5-13H,19H2,1-4H3/t13-/m1/s1. The summed E-state index contributed by atoms with van der Waals surface area (Å²) in [5, 5.41) is 0. The van der Waals surface area contributed by atoms with Gasteiger partial charge in [0.1, 0.15) is 11.5 Å². The quantitative estimate of drug-likeness (QED) is 0.869. The molecule has 0 saturated heterocycles. The molecule has 0 bridgehead atoms. The second-order valence-corrected chi connectivity index (χ2v) is 6.20. The summed E-state index contributed by atoms with van der Waals surface area (Å²) in [6, 6.07) is 16.1. The molecule has 0 amide bonds. The van der Waals surface area contributed by atoms with Crippen LogP contribution >= 0.6 is 0 Å². The largest absolute Gasteiger partial charge is 0.457 e. The summed E-state index contributed by atoms with van der Waals surface area (Å²) in [5.41, 5.74) is 8.44. The molecule has 0 aliphatic rings. The molecule has 2 nitrogen and oxygen atoms in total. The fourth-order valence-electron chi connectivity index (χ4n) is 2.10. The molecule has 2 N–H and O–H groups in total. The van der Waals surface area contributed by atoms with Crippen LogP contribution in [0.2, 0.25) is 0 Å². The number of nitrogens with two attached hydrogens (primary N) is 1. The maximum atomic E-state index is 5.97. The Kier molecular flexibility index (Phi) is 4.15. The highest BCUT2D eigenvalue weighted by atomic mass is 16.5. The van der Waals surface area contributed by atoms with Crippen LogP contribution in [0.25, 0.3) is 0 Å². The van der Waals surface area contributed by atoms with Gasteiger partial charge in [-0.25, -0.2) is 0 Å². The third-order valence-corrected chi connectivity index (χ3v) is 3.36. The highest BCUT2D eigenvalue weighted by Crippen LogP contribution is 2.30. The first kappa shape index (κ1) is 14.6. The average molecular weight is 269 g/mol. The Labute approximate surface area is 121 Å². The Bertz CT molecular complexity index is 565. The summed E-state index contributed by atoms with van der Waals surface area (Å²) in [7, 11) is 0. The molecule has 0 saturated carbocycles. The van der Waals surface area contributed by atoms with Crippen LogP contribution in [0.5, 0.6) is 11.5 Å². The number of hydrogen-bond donors (Lipinski definition) is 1. The molecule has 0 aliphatic carbocycles. The van der Waals surface area contributed by atoms with Gasteiger partial charge in [-0.05, 0) is 36.1 Å². The molecule has 0 aliphatic heterocycles. The Morgan fingerprint density at radius 3 is 2.10 bits per heavy atom. The van der Waals surface area contributed by atoms with E-state index in [0.29, 0.717) is 0 Å². The molecule has 0 aromatic heterocycles. The zero-order valence-electron chi connectivity index (χ0n) is 12.7.